The smallest absolute Gasteiger partial charge is 0.407 e. The molecule has 2 aromatic rings. The SMILES string of the molecule is CC(C)C(NC(=O)OCc1ccccc1)c1ccc(Br)cc1. The van der Waals surface area contributed by atoms with E-state index in [4.69, 9.17) is 4.74 Å². The second-order valence-electron chi connectivity index (χ2n) is 5.48. The summed E-state index contributed by atoms with van der Waals surface area (Å²) in [6.45, 7) is 4.42. The number of nitrogens with one attached hydrogen (secondary N) is 1. The maximum Gasteiger partial charge on any atom is 0.407 e. The van der Waals surface area contributed by atoms with Crippen molar-refractivity contribution in [3.8, 4) is 0 Å². The molecule has 0 aliphatic rings. The van der Waals surface area contributed by atoms with Crippen LogP contribution in [0.3, 0.4) is 0 Å². The van der Waals surface area contributed by atoms with E-state index < -0.39 is 6.09 Å². The Morgan fingerprint density at radius 1 is 1.09 bits per heavy atom. The number of ether oxygens (including phenoxy) is 1. The van der Waals surface area contributed by atoms with Crippen molar-refractivity contribution in [2.75, 3.05) is 0 Å². The number of hydrogen-bond donors (Lipinski definition) is 1. The molecule has 0 bridgehead atoms. The van der Waals surface area contributed by atoms with Gasteiger partial charge in [-0.3, -0.25) is 0 Å². The van der Waals surface area contributed by atoms with Gasteiger partial charge in [-0.1, -0.05) is 72.2 Å². The van der Waals surface area contributed by atoms with E-state index in [0.29, 0.717) is 0 Å². The van der Waals surface area contributed by atoms with E-state index >= 15 is 0 Å². The molecule has 3 nitrogen and oxygen atoms in total. The topological polar surface area (TPSA) is 38.3 Å². The van der Waals surface area contributed by atoms with E-state index in [0.717, 1.165) is 15.6 Å². The molecule has 1 atom stereocenters. The van der Waals surface area contributed by atoms with Crippen LogP contribution in [0.25, 0.3) is 0 Å². The second kappa shape index (κ2) is 7.99. The average molecular weight is 362 g/mol. The number of hydrogen-bond acceptors (Lipinski definition) is 2. The molecular weight excluding hydrogens is 342 g/mol. The minimum absolute atomic E-state index is 0.0728. The van der Waals surface area contributed by atoms with Gasteiger partial charge in [0.1, 0.15) is 6.61 Å². The molecule has 4 heteroatoms. The molecule has 0 aromatic heterocycles. The van der Waals surface area contributed by atoms with Crippen molar-refractivity contribution < 1.29 is 9.53 Å². The van der Waals surface area contributed by atoms with Crippen LogP contribution in [0.15, 0.2) is 59.1 Å². The molecule has 0 radical (unpaired) electrons. The lowest BCUT2D eigenvalue weighted by molar-refractivity contribution is 0.132. The molecule has 1 N–H and O–H groups in total. The van der Waals surface area contributed by atoms with Crippen molar-refractivity contribution in [1.82, 2.24) is 5.32 Å². The van der Waals surface area contributed by atoms with Crippen LogP contribution >= 0.6 is 15.9 Å². The number of rotatable bonds is 5. The van der Waals surface area contributed by atoms with Crippen molar-refractivity contribution in [2.45, 2.75) is 26.5 Å². The van der Waals surface area contributed by atoms with E-state index in [1.807, 2.05) is 54.6 Å². The van der Waals surface area contributed by atoms with Crippen molar-refractivity contribution >= 4 is 22.0 Å². The summed E-state index contributed by atoms with van der Waals surface area (Å²) in [5, 5.41) is 2.95. The first-order chi connectivity index (χ1) is 10.6. The van der Waals surface area contributed by atoms with Gasteiger partial charge in [-0.25, -0.2) is 4.79 Å². The van der Waals surface area contributed by atoms with Crippen molar-refractivity contribution in [3.63, 3.8) is 0 Å². The van der Waals surface area contributed by atoms with E-state index in [-0.39, 0.29) is 18.6 Å². The Kier molecular flexibility index (Phi) is 6.01. The van der Waals surface area contributed by atoms with Crippen LogP contribution in [-0.4, -0.2) is 6.09 Å². The average Bonchev–Trinajstić information content (AvgIpc) is 2.52. The third-order valence-electron chi connectivity index (χ3n) is 3.38. The number of carbonyl (C=O) groups is 1. The Labute approximate surface area is 139 Å². The predicted molar refractivity (Wildman–Crippen MR) is 91.5 cm³/mol. The Morgan fingerprint density at radius 3 is 2.32 bits per heavy atom. The number of carbonyl (C=O) groups excluding carboxylic acids is 1. The van der Waals surface area contributed by atoms with Gasteiger partial charge in [0.2, 0.25) is 0 Å². The first-order valence-electron chi connectivity index (χ1n) is 7.29. The summed E-state index contributed by atoms with van der Waals surface area (Å²) >= 11 is 3.42. The molecule has 22 heavy (non-hydrogen) atoms. The first-order valence-corrected chi connectivity index (χ1v) is 8.08. The lowest BCUT2D eigenvalue weighted by atomic mass is 9.96. The van der Waals surface area contributed by atoms with E-state index in [2.05, 4.69) is 35.1 Å². The molecule has 0 aliphatic heterocycles. The van der Waals surface area contributed by atoms with Gasteiger partial charge in [0.25, 0.3) is 0 Å². The lowest BCUT2D eigenvalue weighted by Gasteiger charge is -2.22. The Morgan fingerprint density at radius 2 is 1.73 bits per heavy atom. The van der Waals surface area contributed by atoms with Crippen molar-refractivity contribution in [2.24, 2.45) is 5.92 Å². The van der Waals surface area contributed by atoms with Gasteiger partial charge in [-0.2, -0.15) is 0 Å². The third kappa shape index (κ3) is 4.88. The number of halogens is 1. The number of benzene rings is 2. The van der Waals surface area contributed by atoms with Gasteiger partial charge < -0.3 is 10.1 Å². The highest BCUT2D eigenvalue weighted by Crippen LogP contribution is 2.23. The molecule has 2 rings (SSSR count). The molecule has 0 saturated carbocycles. The Balaban J connectivity index is 1.96. The summed E-state index contributed by atoms with van der Waals surface area (Å²) in [5.41, 5.74) is 2.04. The standard InChI is InChI=1S/C18H20BrNO2/c1-13(2)17(15-8-10-16(19)11-9-15)20-18(21)22-12-14-6-4-3-5-7-14/h3-11,13,17H,12H2,1-2H3,(H,20,21). The highest BCUT2D eigenvalue weighted by molar-refractivity contribution is 9.10. The molecule has 116 valence electrons. The molecule has 1 unspecified atom stereocenters. The fraction of sp³-hybridized carbons (Fsp3) is 0.278. The summed E-state index contributed by atoms with van der Waals surface area (Å²) in [6.07, 6.45) is -0.398. The van der Waals surface area contributed by atoms with Crippen LogP contribution < -0.4 is 5.32 Å². The van der Waals surface area contributed by atoms with Crippen LogP contribution in [0, 0.1) is 5.92 Å². The molecule has 2 aromatic carbocycles. The van der Waals surface area contributed by atoms with Crippen molar-refractivity contribution in [1.29, 1.82) is 0 Å². The zero-order valence-corrected chi connectivity index (χ0v) is 14.3. The number of alkyl carbamates (subject to hydrolysis) is 1. The van der Waals surface area contributed by atoms with E-state index in [9.17, 15) is 4.79 Å². The maximum atomic E-state index is 12.0. The van der Waals surface area contributed by atoms with E-state index in [1.165, 1.54) is 0 Å². The van der Waals surface area contributed by atoms with Gasteiger partial charge in [-0.15, -0.1) is 0 Å². The quantitative estimate of drug-likeness (QED) is 0.806. The molecular formula is C18H20BrNO2. The van der Waals surface area contributed by atoms with Crippen molar-refractivity contribution in [3.05, 3.63) is 70.2 Å². The normalized spacial score (nSPS) is 12.0. The largest absolute Gasteiger partial charge is 0.445 e. The summed E-state index contributed by atoms with van der Waals surface area (Å²) < 4.78 is 6.31. The van der Waals surface area contributed by atoms with Gasteiger partial charge in [0.05, 0.1) is 6.04 Å². The van der Waals surface area contributed by atoms with E-state index in [1.54, 1.807) is 0 Å². The Bertz CT molecular complexity index is 596. The molecule has 0 fully saturated rings. The molecule has 1 amide bonds. The first kappa shape index (κ1) is 16.6. The molecule has 0 saturated heterocycles. The van der Waals surface area contributed by atoms with Gasteiger partial charge in [0, 0.05) is 4.47 Å². The lowest BCUT2D eigenvalue weighted by Crippen LogP contribution is -2.32. The van der Waals surface area contributed by atoms with Crippen LogP contribution in [0.5, 0.6) is 0 Å². The van der Waals surface area contributed by atoms with Gasteiger partial charge in [0.15, 0.2) is 0 Å². The summed E-state index contributed by atoms with van der Waals surface area (Å²) in [6, 6.07) is 17.5. The van der Waals surface area contributed by atoms with Crippen LogP contribution in [-0.2, 0) is 11.3 Å². The molecule has 0 aliphatic carbocycles. The zero-order valence-electron chi connectivity index (χ0n) is 12.8. The summed E-state index contributed by atoms with van der Waals surface area (Å²) in [5.74, 6) is 0.269. The summed E-state index contributed by atoms with van der Waals surface area (Å²) in [4.78, 5) is 12.0. The second-order valence-corrected chi connectivity index (χ2v) is 6.39. The highest BCUT2D eigenvalue weighted by Gasteiger charge is 2.19. The fourth-order valence-corrected chi connectivity index (χ4v) is 2.46. The number of amides is 1. The monoisotopic (exact) mass is 361 g/mol. The predicted octanol–water partition coefficient (Wildman–Crippen LogP) is 5.07. The minimum atomic E-state index is -0.398. The minimum Gasteiger partial charge on any atom is -0.445 e. The Hall–Kier alpha value is -1.81. The van der Waals surface area contributed by atoms with Gasteiger partial charge >= 0.3 is 6.09 Å². The third-order valence-corrected chi connectivity index (χ3v) is 3.91. The summed E-state index contributed by atoms with van der Waals surface area (Å²) in [7, 11) is 0. The zero-order chi connectivity index (χ0) is 15.9. The fourth-order valence-electron chi connectivity index (χ4n) is 2.20. The molecule has 0 heterocycles. The highest BCUT2D eigenvalue weighted by atomic mass is 79.9. The van der Waals surface area contributed by atoms with Crippen LogP contribution in [0.2, 0.25) is 0 Å². The maximum absolute atomic E-state index is 12.0. The van der Waals surface area contributed by atoms with Crippen LogP contribution in [0.4, 0.5) is 4.79 Å². The van der Waals surface area contributed by atoms with Gasteiger partial charge in [-0.05, 0) is 29.2 Å². The van der Waals surface area contributed by atoms with Crippen LogP contribution in [0.1, 0.15) is 31.0 Å². The molecule has 0 spiro atoms.